The quantitative estimate of drug-likeness (QED) is 0.801. The van der Waals surface area contributed by atoms with Gasteiger partial charge in [0.25, 0.3) is 11.6 Å². The van der Waals surface area contributed by atoms with E-state index in [1.807, 2.05) is 17.7 Å². The molecule has 0 spiro atoms. The summed E-state index contributed by atoms with van der Waals surface area (Å²) in [6.45, 7) is 4.86. The Kier molecular flexibility index (Phi) is 3.45. The summed E-state index contributed by atoms with van der Waals surface area (Å²) in [5.41, 5.74) is 0.559. The predicted molar refractivity (Wildman–Crippen MR) is 66.8 cm³/mol. The molecule has 6 nitrogen and oxygen atoms in total. The monoisotopic (exact) mass is 248 g/mol. The Bertz CT molecular complexity index is 600. The summed E-state index contributed by atoms with van der Waals surface area (Å²) in [6, 6.07) is 1.85. The van der Waals surface area contributed by atoms with Gasteiger partial charge < -0.3 is 9.30 Å². The van der Waals surface area contributed by atoms with Gasteiger partial charge in [-0.3, -0.25) is 9.36 Å². The Labute approximate surface area is 105 Å². The van der Waals surface area contributed by atoms with Crippen molar-refractivity contribution < 1.29 is 4.74 Å². The van der Waals surface area contributed by atoms with E-state index in [-0.39, 0.29) is 5.56 Å². The van der Waals surface area contributed by atoms with Crippen molar-refractivity contribution in [2.45, 2.75) is 26.9 Å². The van der Waals surface area contributed by atoms with E-state index in [0.717, 1.165) is 5.82 Å². The lowest BCUT2D eigenvalue weighted by Gasteiger charge is -2.11. The van der Waals surface area contributed by atoms with Gasteiger partial charge in [0.2, 0.25) is 0 Å². The van der Waals surface area contributed by atoms with Crippen LogP contribution in [0.15, 0.2) is 23.3 Å². The van der Waals surface area contributed by atoms with Crippen molar-refractivity contribution in [2.24, 2.45) is 0 Å². The smallest absolute Gasteiger partial charge is 0.299 e. The van der Waals surface area contributed by atoms with Crippen LogP contribution in [0.5, 0.6) is 6.01 Å². The van der Waals surface area contributed by atoms with Crippen molar-refractivity contribution >= 4 is 0 Å². The molecule has 0 fully saturated rings. The van der Waals surface area contributed by atoms with Gasteiger partial charge in [-0.15, -0.1) is 0 Å². The molecule has 0 saturated carbocycles. The van der Waals surface area contributed by atoms with Crippen molar-refractivity contribution in [3.05, 3.63) is 40.3 Å². The molecule has 6 heteroatoms. The van der Waals surface area contributed by atoms with Crippen LogP contribution in [0.3, 0.4) is 0 Å². The zero-order valence-corrected chi connectivity index (χ0v) is 10.8. The van der Waals surface area contributed by atoms with E-state index in [1.165, 1.54) is 17.7 Å². The van der Waals surface area contributed by atoms with E-state index in [4.69, 9.17) is 4.74 Å². The van der Waals surface area contributed by atoms with Gasteiger partial charge in [-0.2, -0.15) is 0 Å². The van der Waals surface area contributed by atoms with Crippen LogP contribution in [-0.4, -0.2) is 26.2 Å². The van der Waals surface area contributed by atoms with Gasteiger partial charge in [0.15, 0.2) is 0 Å². The summed E-state index contributed by atoms with van der Waals surface area (Å²) >= 11 is 0. The highest BCUT2D eigenvalue weighted by molar-refractivity contribution is 5.06. The van der Waals surface area contributed by atoms with Gasteiger partial charge in [-0.25, -0.2) is 9.97 Å². The molecular formula is C12H16N4O2. The minimum atomic E-state index is -0.0999. The number of imidazole rings is 1. The largest absolute Gasteiger partial charge is 0.468 e. The van der Waals surface area contributed by atoms with Crippen LogP contribution in [-0.2, 0) is 13.1 Å². The van der Waals surface area contributed by atoms with Crippen LogP contribution in [0.4, 0.5) is 0 Å². The van der Waals surface area contributed by atoms with Gasteiger partial charge >= 0.3 is 0 Å². The topological polar surface area (TPSA) is 61.9 Å². The first kappa shape index (κ1) is 12.3. The Morgan fingerprint density at radius 1 is 1.33 bits per heavy atom. The lowest BCUT2D eigenvalue weighted by Crippen LogP contribution is -2.24. The molecule has 2 heterocycles. The van der Waals surface area contributed by atoms with Crippen molar-refractivity contribution in [3.63, 3.8) is 0 Å². The molecule has 18 heavy (non-hydrogen) atoms. The maximum atomic E-state index is 11.9. The standard InChI is InChI=1S/C12H16N4O2/c1-9-8-11(17)16(12(14-9)18-3)7-6-15-5-4-13-10(15)2/h4-5,8H,6-7H2,1-3H3. The number of hydrogen-bond donors (Lipinski definition) is 0. The molecule has 0 saturated heterocycles. The van der Waals surface area contributed by atoms with Crippen LogP contribution in [0, 0.1) is 13.8 Å². The molecule has 0 radical (unpaired) electrons. The fourth-order valence-corrected chi connectivity index (χ4v) is 1.80. The fourth-order valence-electron chi connectivity index (χ4n) is 1.80. The Balaban J connectivity index is 2.24. The van der Waals surface area contributed by atoms with Crippen LogP contribution in [0.2, 0.25) is 0 Å². The van der Waals surface area contributed by atoms with E-state index < -0.39 is 0 Å². The fraction of sp³-hybridized carbons (Fsp3) is 0.417. The molecule has 0 aliphatic heterocycles. The summed E-state index contributed by atoms with van der Waals surface area (Å²) in [4.78, 5) is 20.2. The predicted octanol–water partition coefficient (Wildman–Crippen LogP) is 0.765. The lowest BCUT2D eigenvalue weighted by atomic mass is 10.4. The molecule has 0 aliphatic carbocycles. The van der Waals surface area contributed by atoms with Crippen molar-refractivity contribution in [1.82, 2.24) is 19.1 Å². The van der Waals surface area contributed by atoms with Crippen LogP contribution in [0.25, 0.3) is 0 Å². The summed E-state index contributed by atoms with van der Waals surface area (Å²) in [5, 5.41) is 0. The number of aryl methyl sites for hydroxylation is 3. The molecule has 96 valence electrons. The highest BCUT2D eigenvalue weighted by Gasteiger charge is 2.07. The summed E-state index contributed by atoms with van der Waals surface area (Å²) in [7, 11) is 1.51. The molecule has 0 unspecified atom stereocenters. The Morgan fingerprint density at radius 2 is 2.11 bits per heavy atom. The molecule has 0 aliphatic rings. The molecule has 2 aromatic rings. The van der Waals surface area contributed by atoms with Crippen molar-refractivity contribution in [3.8, 4) is 6.01 Å². The average Bonchev–Trinajstić information content (AvgIpc) is 2.73. The Morgan fingerprint density at radius 3 is 2.72 bits per heavy atom. The summed E-state index contributed by atoms with van der Waals surface area (Å²) in [6.07, 6.45) is 3.62. The van der Waals surface area contributed by atoms with Crippen LogP contribution in [0.1, 0.15) is 11.5 Å². The number of hydrogen-bond acceptors (Lipinski definition) is 4. The minimum absolute atomic E-state index is 0.0999. The van der Waals surface area contributed by atoms with Crippen molar-refractivity contribution in [2.75, 3.05) is 7.11 Å². The van der Waals surface area contributed by atoms with Gasteiger partial charge in [-0.05, 0) is 13.8 Å². The second-order valence-corrected chi connectivity index (χ2v) is 4.04. The first-order valence-electron chi connectivity index (χ1n) is 5.72. The van der Waals surface area contributed by atoms with Crippen molar-refractivity contribution in [1.29, 1.82) is 0 Å². The third kappa shape index (κ3) is 2.42. The number of nitrogens with zero attached hydrogens (tertiary/aromatic N) is 4. The van der Waals surface area contributed by atoms with Crippen LogP contribution < -0.4 is 10.3 Å². The first-order chi connectivity index (χ1) is 8.61. The van der Waals surface area contributed by atoms with Crippen LogP contribution >= 0.6 is 0 Å². The van der Waals surface area contributed by atoms with E-state index in [2.05, 4.69) is 9.97 Å². The molecule has 0 atom stereocenters. The van der Waals surface area contributed by atoms with Gasteiger partial charge in [0.05, 0.1) is 7.11 Å². The molecule has 0 amide bonds. The first-order valence-corrected chi connectivity index (χ1v) is 5.72. The van der Waals surface area contributed by atoms with E-state index in [1.54, 1.807) is 13.1 Å². The maximum absolute atomic E-state index is 11.9. The highest BCUT2D eigenvalue weighted by atomic mass is 16.5. The van der Waals surface area contributed by atoms with E-state index in [0.29, 0.717) is 24.8 Å². The third-order valence-electron chi connectivity index (χ3n) is 2.77. The Hall–Kier alpha value is -2.11. The van der Waals surface area contributed by atoms with E-state index in [9.17, 15) is 4.79 Å². The molecule has 2 rings (SSSR count). The molecule has 0 bridgehead atoms. The molecule has 2 aromatic heterocycles. The second-order valence-electron chi connectivity index (χ2n) is 4.04. The number of rotatable bonds is 4. The second kappa shape index (κ2) is 5.03. The normalized spacial score (nSPS) is 10.6. The maximum Gasteiger partial charge on any atom is 0.299 e. The average molecular weight is 248 g/mol. The SMILES string of the molecule is COc1nc(C)cc(=O)n1CCn1ccnc1C. The third-order valence-corrected chi connectivity index (χ3v) is 2.77. The van der Waals surface area contributed by atoms with Gasteiger partial charge in [0.1, 0.15) is 5.82 Å². The molecule has 0 N–H and O–H groups in total. The summed E-state index contributed by atoms with van der Waals surface area (Å²) in [5.74, 6) is 0.919. The lowest BCUT2D eigenvalue weighted by molar-refractivity contribution is 0.338. The minimum Gasteiger partial charge on any atom is -0.468 e. The zero-order valence-electron chi connectivity index (χ0n) is 10.8. The number of ether oxygens (including phenoxy) is 1. The van der Waals surface area contributed by atoms with Gasteiger partial charge in [0, 0.05) is 37.2 Å². The highest BCUT2D eigenvalue weighted by Crippen LogP contribution is 2.05. The number of methoxy groups -OCH3 is 1. The summed E-state index contributed by atoms with van der Waals surface area (Å²) < 4.78 is 8.63. The zero-order chi connectivity index (χ0) is 13.1. The molecule has 0 aromatic carbocycles. The molecular weight excluding hydrogens is 232 g/mol. The van der Waals surface area contributed by atoms with Gasteiger partial charge in [-0.1, -0.05) is 0 Å². The van der Waals surface area contributed by atoms with E-state index >= 15 is 0 Å². The number of aromatic nitrogens is 4.